The first-order valence-corrected chi connectivity index (χ1v) is 6.44. The molecular weight excluding hydrogens is 268 g/mol. The van der Waals surface area contributed by atoms with Gasteiger partial charge in [-0.15, -0.1) is 0 Å². The Morgan fingerprint density at radius 3 is 2.38 bits per heavy atom. The van der Waals surface area contributed by atoms with Crippen molar-refractivity contribution >= 4 is 17.6 Å². The molecule has 0 aliphatic carbocycles. The van der Waals surface area contributed by atoms with Gasteiger partial charge in [0.05, 0.1) is 5.56 Å². The molecule has 0 saturated heterocycles. The summed E-state index contributed by atoms with van der Waals surface area (Å²) in [7, 11) is 0. The third-order valence-electron chi connectivity index (χ3n) is 3.17. The Hall–Kier alpha value is -2.66. The van der Waals surface area contributed by atoms with E-state index in [2.05, 4.69) is 5.32 Å². The van der Waals surface area contributed by atoms with Crippen molar-refractivity contribution in [2.45, 2.75) is 13.0 Å². The molecule has 1 amide bonds. The normalized spacial score (nSPS) is 11.7. The average Bonchev–Trinajstić information content (AvgIpc) is 2.49. The number of aryl methyl sites for hydroxylation is 1. The van der Waals surface area contributed by atoms with Gasteiger partial charge in [0.15, 0.2) is 0 Å². The lowest BCUT2D eigenvalue weighted by atomic mass is 10.1. The third-order valence-corrected chi connectivity index (χ3v) is 3.17. The number of rotatable bonds is 4. The summed E-state index contributed by atoms with van der Waals surface area (Å²) in [6.45, 7) is 1.73. The van der Waals surface area contributed by atoms with E-state index in [0.29, 0.717) is 11.3 Å². The van der Waals surface area contributed by atoms with Crippen LogP contribution in [0.4, 0.5) is 5.69 Å². The molecule has 5 nitrogen and oxygen atoms in total. The number of amides is 1. The zero-order valence-corrected chi connectivity index (χ0v) is 11.5. The largest absolute Gasteiger partial charge is 0.478 e. The van der Waals surface area contributed by atoms with Crippen LogP contribution in [0, 0.1) is 6.92 Å². The molecule has 0 unspecified atom stereocenters. The fourth-order valence-corrected chi connectivity index (χ4v) is 1.96. The van der Waals surface area contributed by atoms with Gasteiger partial charge in [0, 0.05) is 5.69 Å². The van der Waals surface area contributed by atoms with Crippen LogP contribution in [0.25, 0.3) is 0 Å². The van der Waals surface area contributed by atoms with Crippen LogP contribution < -0.4 is 11.1 Å². The predicted molar refractivity (Wildman–Crippen MR) is 80.1 cm³/mol. The van der Waals surface area contributed by atoms with Crippen molar-refractivity contribution in [3.63, 3.8) is 0 Å². The maximum atomic E-state index is 12.1. The Morgan fingerprint density at radius 1 is 1.14 bits per heavy atom. The molecule has 21 heavy (non-hydrogen) atoms. The topological polar surface area (TPSA) is 92.4 Å². The molecule has 2 rings (SSSR count). The first kappa shape index (κ1) is 14.7. The second-order valence-corrected chi connectivity index (χ2v) is 4.71. The molecule has 0 radical (unpaired) electrons. The minimum Gasteiger partial charge on any atom is -0.478 e. The van der Waals surface area contributed by atoms with E-state index < -0.39 is 12.0 Å². The molecule has 2 aromatic rings. The number of aromatic carboxylic acids is 1. The quantitative estimate of drug-likeness (QED) is 0.803. The van der Waals surface area contributed by atoms with Crippen LogP contribution in [0.2, 0.25) is 0 Å². The number of carboxylic acid groups (broad SMARTS) is 1. The van der Waals surface area contributed by atoms with Crippen LogP contribution in [0.5, 0.6) is 0 Å². The molecule has 0 fully saturated rings. The SMILES string of the molecule is Cc1cc(C(=O)O)ccc1NC(=O)[C@@H](N)c1ccccc1. The number of benzene rings is 2. The van der Waals surface area contributed by atoms with E-state index in [0.717, 1.165) is 5.56 Å². The standard InChI is InChI=1S/C16H16N2O3/c1-10-9-12(16(20)21)7-8-13(10)18-15(19)14(17)11-5-3-2-4-6-11/h2-9,14H,17H2,1H3,(H,18,19)(H,20,21)/t14-/m0/s1. The van der Waals surface area contributed by atoms with E-state index in [1.165, 1.54) is 12.1 Å². The van der Waals surface area contributed by atoms with Gasteiger partial charge in [-0.25, -0.2) is 4.79 Å². The molecule has 0 spiro atoms. The average molecular weight is 284 g/mol. The van der Waals surface area contributed by atoms with Gasteiger partial charge in [-0.1, -0.05) is 30.3 Å². The molecule has 0 aliphatic heterocycles. The minimum absolute atomic E-state index is 0.179. The van der Waals surface area contributed by atoms with Gasteiger partial charge in [-0.2, -0.15) is 0 Å². The molecule has 4 N–H and O–H groups in total. The molecule has 108 valence electrons. The first-order chi connectivity index (χ1) is 9.99. The third kappa shape index (κ3) is 3.46. The monoisotopic (exact) mass is 284 g/mol. The van der Waals surface area contributed by atoms with Gasteiger partial charge in [-0.3, -0.25) is 4.79 Å². The lowest BCUT2D eigenvalue weighted by Gasteiger charge is -2.14. The molecule has 0 aliphatic rings. The van der Waals surface area contributed by atoms with Gasteiger partial charge >= 0.3 is 5.97 Å². The molecule has 0 aromatic heterocycles. The van der Waals surface area contributed by atoms with Gasteiger partial charge < -0.3 is 16.2 Å². The smallest absolute Gasteiger partial charge is 0.335 e. The number of hydrogen-bond acceptors (Lipinski definition) is 3. The number of nitrogens with two attached hydrogens (primary N) is 1. The highest BCUT2D eigenvalue weighted by atomic mass is 16.4. The Balaban J connectivity index is 2.15. The van der Waals surface area contributed by atoms with E-state index in [4.69, 9.17) is 10.8 Å². The zero-order chi connectivity index (χ0) is 15.4. The Kier molecular flexibility index (Phi) is 4.35. The van der Waals surface area contributed by atoms with E-state index >= 15 is 0 Å². The van der Waals surface area contributed by atoms with Crippen molar-refractivity contribution in [2.24, 2.45) is 5.73 Å². The maximum Gasteiger partial charge on any atom is 0.335 e. The predicted octanol–water partition coefficient (Wildman–Crippen LogP) is 2.33. The Bertz CT molecular complexity index is 668. The number of carbonyl (C=O) groups is 2. The van der Waals surface area contributed by atoms with Crippen LogP contribution in [0.1, 0.15) is 27.5 Å². The number of anilines is 1. The number of carboxylic acids is 1. The van der Waals surface area contributed by atoms with Gasteiger partial charge in [0.1, 0.15) is 6.04 Å². The molecule has 2 aromatic carbocycles. The van der Waals surface area contributed by atoms with Crippen molar-refractivity contribution in [1.82, 2.24) is 0 Å². The molecule has 5 heteroatoms. The van der Waals surface area contributed by atoms with Gasteiger partial charge in [0.25, 0.3) is 0 Å². The van der Waals surface area contributed by atoms with E-state index in [-0.39, 0.29) is 11.5 Å². The summed E-state index contributed by atoms with van der Waals surface area (Å²) in [5.74, 6) is -1.34. The molecule has 1 atom stereocenters. The van der Waals surface area contributed by atoms with Crippen molar-refractivity contribution < 1.29 is 14.7 Å². The first-order valence-electron chi connectivity index (χ1n) is 6.44. The van der Waals surface area contributed by atoms with E-state index in [9.17, 15) is 9.59 Å². The summed E-state index contributed by atoms with van der Waals surface area (Å²) < 4.78 is 0. The van der Waals surface area contributed by atoms with Crippen molar-refractivity contribution in [1.29, 1.82) is 0 Å². The lowest BCUT2D eigenvalue weighted by Crippen LogP contribution is -2.28. The second kappa shape index (κ2) is 6.19. The van der Waals surface area contributed by atoms with Crippen molar-refractivity contribution in [3.05, 3.63) is 65.2 Å². The van der Waals surface area contributed by atoms with E-state index in [1.54, 1.807) is 25.1 Å². The fraction of sp³-hybridized carbons (Fsp3) is 0.125. The van der Waals surface area contributed by atoms with Crippen LogP contribution >= 0.6 is 0 Å². The summed E-state index contributed by atoms with van der Waals surface area (Å²) in [6, 6.07) is 12.8. The summed E-state index contributed by atoms with van der Waals surface area (Å²) in [5, 5.41) is 11.6. The highest BCUT2D eigenvalue weighted by Crippen LogP contribution is 2.19. The van der Waals surface area contributed by atoms with Crippen LogP contribution in [0.3, 0.4) is 0 Å². The molecule has 0 saturated carbocycles. The van der Waals surface area contributed by atoms with Gasteiger partial charge in [-0.05, 0) is 36.2 Å². The number of hydrogen-bond donors (Lipinski definition) is 3. The number of nitrogens with one attached hydrogen (secondary N) is 1. The van der Waals surface area contributed by atoms with Gasteiger partial charge in [0.2, 0.25) is 5.91 Å². The minimum atomic E-state index is -1.00. The van der Waals surface area contributed by atoms with Crippen LogP contribution in [-0.4, -0.2) is 17.0 Å². The Morgan fingerprint density at radius 2 is 1.81 bits per heavy atom. The summed E-state index contributed by atoms with van der Waals surface area (Å²) in [4.78, 5) is 23.0. The summed E-state index contributed by atoms with van der Waals surface area (Å²) >= 11 is 0. The second-order valence-electron chi connectivity index (χ2n) is 4.71. The highest BCUT2D eigenvalue weighted by molar-refractivity contribution is 5.96. The molecule has 0 bridgehead atoms. The van der Waals surface area contributed by atoms with E-state index in [1.807, 2.05) is 18.2 Å². The Labute approximate surface area is 122 Å². The van der Waals surface area contributed by atoms with Crippen molar-refractivity contribution in [3.8, 4) is 0 Å². The maximum absolute atomic E-state index is 12.1. The lowest BCUT2D eigenvalue weighted by molar-refractivity contribution is -0.117. The van der Waals surface area contributed by atoms with Crippen LogP contribution in [-0.2, 0) is 4.79 Å². The fourth-order valence-electron chi connectivity index (χ4n) is 1.96. The molecule has 0 heterocycles. The summed E-state index contributed by atoms with van der Waals surface area (Å²) in [6.07, 6.45) is 0. The molecular formula is C16H16N2O3. The number of carbonyl (C=O) groups excluding carboxylic acids is 1. The van der Waals surface area contributed by atoms with Crippen LogP contribution in [0.15, 0.2) is 48.5 Å². The zero-order valence-electron chi connectivity index (χ0n) is 11.5. The van der Waals surface area contributed by atoms with Crippen molar-refractivity contribution in [2.75, 3.05) is 5.32 Å². The summed E-state index contributed by atoms with van der Waals surface area (Å²) in [5.41, 5.74) is 8.03. The highest BCUT2D eigenvalue weighted by Gasteiger charge is 2.16.